The SMILES string of the molecule is CN=C(NCC(c1cccc(F)c1)N(C)C)N(C)CCc1cccs1.I. The molecule has 0 fully saturated rings. The van der Waals surface area contributed by atoms with E-state index in [9.17, 15) is 4.39 Å². The summed E-state index contributed by atoms with van der Waals surface area (Å²) in [4.78, 5) is 9.95. The first-order valence-electron chi connectivity index (χ1n) is 8.37. The average Bonchev–Trinajstić information content (AvgIpc) is 3.10. The van der Waals surface area contributed by atoms with Crippen LogP contribution in [-0.2, 0) is 6.42 Å². The molecular formula is C19H28FIN4S. The fourth-order valence-corrected chi connectivity index (χ4v) is 3.42. The van der Waals surface area contributed by atoms with Gasteiger partial charge in [0, 0.05) is 32.1 Å². The molecular weight excluding hydrogens is 462 g/mol. The first-order valence-corrected chi connectivity index (χ1v) is 9.25. The third kappa shape index (κ3) is 6.85. The number of halogens is 2. The second-order valence-electron chi connectivity index (χ2n) is 6.21. The van der Waals surface area contributed by atoms with Gasteiger partial charge in [-0.15, -0.1) is 35.3 Å². The molecule has 2 rings (SSSR count). The molecule has 2 aromatic rings. The van der Waals surface area contributed by atoms with Crippen LogP contribution >= 0.6 is 35.3 Å². The van der Waals surface area contributed by atoms with Gasteiger partial charge in [0.1, 0.15) is 5.82 Å². The highest BCUT2D eigenvalue weighted by molar-refractivity contribution is 14.0. The molecule has 0 amide bonds. The van der Waals surface area contributed by atoms with Crippen LogP contribution in [0.2, 0.25) is 0 Å². The van der Waals surface area contributed by atoms with Crippen LogP contribution in [0.25, 0.3) is 0 Å². The monoisotopic (exact) mass is 490 g/mol. The van der Waals surface area contributed by atoms with Gasteiger partial charge >= 0.3 is 0 Å². The summed E-state index contributed by atoms with van der Waals surface area (Å²) >= 11 is 1.78. The first kappa shape index (κ1) is 22.9. The fourth-order valence-electron chi connectivity index (χ4n) is 2.72. The number of benzene rings is 1. The largest absolute Gasteiger partial charge is 0.354 e. The van der Waals surface area contributed by atoms with Crippen LogP contribution in [0, 0.1) is 5.82 Å². The Morgan fingerprint density at radius 3 is 2.58 bits per heavy atom. The molecule has 7 heteroatoms. The third-order valence-corrected chi connectivity index (χ3v) is 5.09. The minimum Gasteiger partial charge on any atom is -0.354 e. The first-order chi connectivity index (χ1) is 12.0. The Bertz CT molecular complexity index is 676. The summed E-state index contributed by atoms with van der Waals surface area (Å²) in [5.74, 6) is 0.640. The molecule has 1 aromatic carbocycles. The van der Waals surface area contributed by atoms with E-state index in [1.54, 1.807) is 30.5 Å². The molecule has 144 valence electrons. The van der Waals surface area contributed by atoms with Crippen LogP contribution in [0.15, 0.2) is 46.8 Å². The second kappa shape index (κ2) is 11.5. The van der Waals surface area contributed by atoms with E-state index in [-0.39, 0.29) is 35.8 Å². The van der Waals surface area contributed by atoms with Crippen LogP contribution in [0.5, 0.6) is 0 Å². The Hall–Kier alpha value is -1.19. The van der Waals surface area contributed by atoms with Crippen molar-refractivity contribution >= 4 is 41.3 Å². The van der Waals surface area contributed by atoms with Gasteiger partial charge in [-0.2, -0.15) is 0 Å². The molecule has 1 atom stereocenters. The normalized spacial score (nSPS) is 12.6. The number of thiophene rings is 1. The highest BCUT2D eigenvalue weighted by Gasteiger charge is 2.16. The van der Waals surface area contributed by atoms with Crippen molar-refractivity contribution in [1.82, 2.24) is 15.1 Å². The second-order valence-corrected chi connectivity index (χ2v) is 7.25. The Morgan fingerprint density at radius 1 is 1.23 bits per heavy atom. The number of nitrogens with one attached hydrogen (secondary N) is 1. The molecule has 0 bridgehead atoms. The number of aliphatic imine (C=N–C) groups is 1. The number of likely N-dealkylation sites (N-methyl/N-ethyl adjacent to an activating group) is 2. The molecule has 0 spiro atoms. The van der Waals surface area contributed by atoms with Crippen LogP contribution in [0.4, 0.5) is 4.39 Å². The fraction of sp³-hybridized carbons (Fsp3) is 0.421. The Kier molecular flexibility index (Phi) is 10.1. The summed E-state index contributed by atoms with van der Waals surface area (Å²) < 4.78 is 13.5. The maximum Gasteiger partial charge on any atom is 0.193 e. The molecule has 0 aliphatic heterocycles. The molecule has 0 saturated carbocycles. The van der Waals surface area contributed by atoms with Gasteiger partial charge in [0.25, 0.3) is 0 Å². The van der Waals surface area contributed by atoms with Crippen LogP contribution in [0.3, 0.4) is 0 Å². The molecule has 0 saturated heterocycles. The van der Waals surface area contributed by atoms with Crippen LogP contribution in [0.1, 0.15) is 16.5 Å². The van der Waals surface area contributed by atoms with Crippen LogP contribution in [-0.4, -0.2) is 57.0 Å². The standard InChI is InChI=1S/C19H27FN4S.HI/c1-21-19(24(4)11-10-17-9-6-12-25-17)22-14-18(23(2)3)15-7-5-8-16(20)13-15;/h5-9,12-13,18H,10-11,14H2,1-4H3,(H,21,22);1H. The summed E-state index contributed by atoms with van der Waals surface area (Å²) in [5, 5.41) is 5.51. The zero-order chi connectivity index (χ0) is 18.2. The molecule has 0 aliphatic carbocycles. The minimum absolute atomic E-state index is 0. The van der Waals surface area contributed by atoms with Crippen LogP contribution < -0.4 is 5.32 Å². The predicted octanol–water partition coefficient (Wildman–Crippen LogP) is 3.86. The smallest absolute Gasteiger partial charge is 0.193 e. The van der Waals surface area contributed by atoms with Crippen molar-refractivity contribution < 1.29 is 4.39 Å². The lowest BCUT2D eigenvalue weighted by Crippen LogP contribution is -2.43. The van der Waals surface area contributed by atoms with E-state index in [2.05, 4.69) is 37.6 Å². The van der Waals surface area contributed by atoms with E-state index < -0.39 is 0 Å². The van der Waals surface area contributed by atoms with E-state index in [4.69, 9.17) is 0 Å². The minimum atomic E-state index is -0.207. The molecule has 1 aromatic heterocycles. The lowest BCUT2D eigenvalue weighted by atomic mass is 10.1. The van der Waals surface area contributed by atoms with E-state index >= 15 is 0 Å². The number of hydrogen-bond acceptors (Lipinski definition) is 3. The third-order valence-electron chi connectivity index (χ3n) is 4.16. The molecule has 1 heterocycles. The summed E-state index contributed by atoms with van der Waals surface area (Å²) in [6.07, 6.45) is 0.996. The Labute approximate surface area is 177 Å². The van der Waals surface area contributed by atoms with E-state index in [0.717, 1.165) is 24.5 Å². The van der Waals surface area contributed by atoms with Crippen molar-refractivity contribution in [1.29, 1.82) is 0 Å². The van der Waals surface area contributed by atoms with Gasteiger partial charge in [-0.1, -0.05) is 18.2 Å². The topological polar surface area (TPSA) is 30.9 Å². The summed E-state index contributed by atoms with van der Waals surface area (Å²) in [6.45, 7) is 1.55. The summed E-state index contributed by atoms with van der Waals surface area (Å²) in [5.41, 5.74) is 0.953. The lowest BCUT2D eigenvalue weighted by molar-refractivity contribution is 0.295. The molecule has 4 nitrogen and oxygen atoms in total. The van der Waals surface area contributed by atoms with Crippen molar-refractivity contribution in [3.8, 4) is 0 Å². The van der Waals surface area contributed by atoms with Crippen molar-refractivity contribution in [2.24, 2.45) is 4.99 Å². The van der Waals surface area contributed by atoms with Crippen molar-refractivity contribution in [3.05, 3.63) is 58.0 Å². The van der Waals surface area contributed by atoms with E-state index in [1.165, 1.54) is 10.9 Å². The lowest BCUT2D eigenvalue weighted by Gasteiger charge is -2.28. The van der Waals surface area contributed by atoms with Gasteiger partial charge in [-0.05, 0) is 49.7 Å². The highest BCUT2D eigenvalue weighted by atomic mass is 127. The van der Waals surface area contributed by atoms with Crippen molar-refractivity contribution in [2.45, 2.75) is 12.5 Å². The van der Waals surface area contributed by atoms with E-state index in [1.807, 2.05) is 27.2 Å². The van der Waals surface area contributed by atoms with Gasteiger partial charge in [0.15, 0.2) is 5.96 Å². The van der Waals surface area contributed by atoms with Gasteiger partial charge in [-0.25, -0.2) is 4.39 Å². The van der Waals surface area contributed by atoms with E-state index in [0.29, 0.717) is 6.54 Å². The predicted molar refractivity (Wildman–Crippen MR) is 120 cm³/mol. The number of guanidine groups is 1. The number of rotatable bonds is 7. The average molecular weight is 490 g/mol. The molecule has 1 N–H and O–H groups in total. The van der Waals surface area contributed by atoms with Gasteiger partial charge < -0.3 is 15.1 Å². The number of hydrogen-bond donors (Lipinski definition) is 1. The zero-order valence-corrected chi connectivity index (χ0v) is 18.9. The van der Waals surface area contributed by atoms with Gasteiger partial charge in [0.2, 0.25) is 0 Å². The molecule has 0 radical (unpaired) electrons. The van der Waals surface area contributed by atoms with Crippen molar-refractivity contribution in [2.75, 3.05) is 41.3 Å². The maximum absolute atomic E-state index is 13.5. The Morgan fingerprint density at radius 2 is 2.00 bits per heavy atom. The summed E-state index contributed by atoms with van der Waals surface area (Å²) in [7, 11) is 7.83. The molecule has 26 heavy (non-hydrogen) atoms. The Balaban J connectivity index is 0.00000338. The van der Waals surface area contributed by atoms with Gasteiger partial charge in [-0.3, -0.25) is 4.99 Å². The number of nitrogens with zero attached hydrogens (tertiary/aromatic N) is 3. The maximum atomic E-state index is 13.5. The quantitative estimate of drug-likeness (QED) is 0.364. The summed E-state index contributed by atoms with van der Waals surface area (Å²) in [6, 6.07) is 11.1. The molecule has 0 aliphatic rings. The highest BCUT2D eigenvalue weighted by Crippen LogP contribution is 2.18. The zero-order valence-electron chi connectivity index (χ0n) is 15.8. The van der Waals surface area contributed by atoms with Gasteiger partial charge in [0.05, 0.1) is 6.04 Å². The molecule has 1 unspecified atom stereocenters. The van der Waals surface area contributed by atoms with Crippen molar-refractivity contribution in [3.63, 3.8) is 0 Å².